The van der Waals surface area contributed by atoms with Crippen LogP contribution in [0.1, 0.15) is 31.9 Å². The van der Waals surface area contributed by atoms with Crippen molar-refractivity contribution in [2.75, 3.05) is 18.5 Å². The molecule has 24 heavy (non-hydrogen) atoms. The van der Waals surface area contributed by atoms with E-state index in [1.807, 2.05) is 43.3 Å². The van der Waals surface area contributed by atoms with E-state index in [2.05, 4.69) is 45.6 Å². The van der Waals surface area contributed by atoms with Crippen LogP contribution in [0.15, 0.2) is 53.0 Å². The predicted molar refractivity (Wildman–Crippen MR) is 100 cm³/mol. The Morgan fingerprint density at radius 2 is 1.79 bits per heavy atom. The second kappa shape index (κ2) is 9.45. The molecule has 5 heteroatoms. The van der Waals surface area contributed by atoms with Crippen LogP contribution in [0.4, 0.5) is 5.69 Å². The summed E-state index contributed by atoms with van der Waals surface area (Å²) in [5.74, 6) is 0.804. The molecule has 1 atom stereocenters. The maximum Gasteiger partial charge on any atom is 0.279 e. The molecular weight excluding hydrogens is 368 g/mol. The van der Waals surface area contributed by atoms with E-state index in [1.165, 1.54) is 5.56 Å². The van der Waals surface area contributed by atoms with E-state index in [-0.39, 0.29) is 11.9 Å². The van der Waals surface area contributed by atoms with Crippen molar-refractivity contribution in [2.45, 2.75) is 26.3 Å². The molecule has 0 fully saturated rings. The number of hydrogen-bond donors (Lipinski definition) is 2. The van der Waals surface area contributed by atoms with Gasteiger partial charge in [0.05, 0.1) is 6.61 Å². The van der Waals surface area contributed by atoms with Gasteiger partial charge in [0.2, 0.25) is 0 Å². The fourth-order valence-electron chi connectivity index (χ4n) is 2.51. The average Bonchev–Trinajstić information content (AvgIpc) is 2.59. The van der Waals surface area contributed by atoms with E-state index in [4.69, 9.17) is 4.74 Å². The summed E-state index contributed by atoms with van der Waals surface area (Å²) < 4.78 is 6.46. The summed E-state index contributed by atoms with van der Waals surface area (Å²) in [6.45, 7) is 5.10. The third-order valence-electron chi connectivity index (χ3n) is 3.77. The molecule has 0 saturated heterocycles. The summed E-state index contributed by atoms with van der Waals surface area (Å²) in [5, 5.41) is 4.99. The number of ether oxygens (including phenoxy) is 1. The highest BCUT2D eigenvalue weighted by molar-refractivity contribution is 9.10. The molecule has 128 valence electrons. The maximum absolute atomic E-state index is 12.1. The first-order valence-corrected chi connectivity index (χ1v) is 9.03. The van der Waals surface area contributed by atoms with E-state index in [1.54, 1.807) is 0 Å². The molecule has 0 bridgehead atoms. The van der Waals surface area contributed by atoms with Crippen molar-refractivity contribution in [2.24, 2.45) is 0 Å². The molecule has 2 aromatic rings. The smallest absolute Gasteiger partial charge is 0.279 e. The number of rotatable bonds is 8. The number of quaternary nitrogens is 1. The fourth-order valence-corrected chi connectivity index (χ4v) is 2.78. The Hall–Kier alpha value is -1.85. The van der Waals surface area contributed by atoms with Gasteiger partial charge in [-0.25, -0.2) is 0 Å². The second-order valence-corrected chi connectivity index (χ2v) is 6.43. The Morgan fingerprint density at radius 1 is 1.12 bits per heavy atom. The minimum absolute atomic E-state index is 0.00489. The second-order valence-electron chi connectivity index (χ2n) is 5.51. The Kier molecular flexibility index (Phi) is 7.28. The summed E-state index contributed by atoms with van der Waals surface area (Å²) in [6.07, 6.45) is 0.970. The standard InChI is InChI=1S/C19H23BrN2O2/c1-3-18(14-5-7-15(20)8-6-14)21-13-19(23)22-16-9-11-17(12-10-16)24-4-2/h5-12,18,21H,3-4,13H2,1-2H3,(H,22,23)/p+1/t18-/m1/s1. The highest BCUT2D eigenvalue weighted by Crippen LogP contribution is 2.17. The zero-order valence-electron chi connectivity index (χ0n) is 14.1. The van der Waals surface area contributed by atoms with Gasteiger partial charge in [-0.1, -0.05) is 35.0 Å². The molecule has 2 rings (SSSR count). The van der Waals surface area contributed by atoms with Gasteiger partial charge < -0.3 is 15.4 Å². The highest BCUT2D eigenvalue weighted by Gasteiger charge is 2.14. The zero-order chi connectivity index (χ0) is 17.4. The van der Waals surface area contributed by atoms with Crippen LogP contribution in [0.25, 0.3) is 0 Å². The number of benzene rings is 2. The lowest BCUT2D eigenvalue weighted by Crippen LogP contribution is -2.87. The number of carbonyl (C=O) groups is 1. The van der Waals surface area contributed by atoms with Crippen LogP contribution in [0.5, 0.6) is 5.75 Å². The van der Waals surface area contributed by atoms with E-state index >= 15 is 0 Å². The lowest BCUT2D eigenvalue weighted by Gasteiger charge is -2.14. The van der Waals surface area contributed by atoms with Crippen molar-refractivity contribution in [1.29, 1.82) is 0 Å². The monoisotopic (exact) mass is 391 g/mol. The van der Waals surface area contributed by atoms with Gasteiger partial charge in [-0.05, 0) is 43.3 Å². The van der Waals surface area contributed by atoms with Crippen molar-refractivity contribution >= 4 is 27.5 Å². The Labute approximate surface area is 151 Å². The number of nitrogens with one attached hydrogen (secondary N) is 1. The molecule has 3 N–H and O–H groups in total. The van der Waals surface area contributed by atoms with Gasteiger partial charge >= 0.3 is 0 Å². The van der Waals surface area contributed by atoms with Crippen molar-refractivity contribution in [3.63, 3.8) is 0 Å². The van der Waals surface area contributed by atoms with Gasteiger partial charge in [0.15, 0.2) is 6.54 Å². The third-order valence-corrected chi connectivity index (χ3v) is 4.30. The normalized spacial score (nSPS) is 11.8. The summed E-state index contributed by atoms with van der Waals surface area (Å²) in [4.78, 5) is 12.1. The van der Waals surface area contributed by atoms with Crippen LogP contribution in [0.3, 0.4) is 0 Å². The fraction of sp³-hybridized carbons (Fsp3) is 0.316. The third kappa shape index (κ3) is 5.65. The minimum Gasteiger partial charge on any atom is -0.494 e. The molecule has 0 saturated carbocycles. The number of amides is 1. The van der Waals surface area contributed by atoms with Crippen LogP contribution in [-0.2, 0) is 4.79 Å². The number of carbonyl (C=O) groups excluding carboxylic acids is 1. The van der Waals surface area contributed by atoms with Gasteiger partial charge in [0.25, 0.3) is 5.91 Å². The number of halogens is 1. The summed E-state index contributed by atoms with van der Waals surface area (Å²) in [6, 6.07) is 16.0. The van der Waals surface area contributed by atoms with Crippen LogP contribution in [0, 0.1) is 0 Å². The Bertz CT molecular complexity index is 641. The molecule has 0 aliphatic carbocycles. The van der Waals surface area contributed by atoms with E-state index in [0.29, 0.717) is 13.2 Å². The molecule has 2 aromatic carbocycles. The van der Waals surface area contributed by atoms with Crippen LogP contribution >= 0.6 is 15.9 Å². The summed E-state index contributed by atoms with van der Waals surface area (Å²) in [7, 11) is 0. The number of hydrogen-bond acceptors (Lipinski definition) is 2. The molecule has 1 amide bonds. The average molecular weight is 392 g/mol. The lowest BCUT2D eigenvalue weighted by atomic mass is 10.0. The first-order chi connectivity index (χ1) is 11.6. The molecule has 0 heterocycles. The van der Waals surface area contributed by atoms with Crippen molar-refractivity contribution < 1.29 is 14.8 Å². The molecule has 0 aromatic heterocycles. The first kappa shape index (κ1) is 18.5. The maximum atomic E-state index is 12.1. The van der Waals surface area contributed by atoms with E-state index in [0.717, 1.165) is 22.3 Å². The molecule has 0 spiro atoms. The van der Waals surface area contributed by atoms with Gasteiger partial charge in [0.1, 0.15) is 11.8 Å². The van der Waals surface area contributed by atoms with Gasteiger partial charge in [-0.15, -0.1) is 0 Å². The Morgan fingerprint density at radius 3 is 2.38 bits per heavy atom. The zero-order valence-corrected chi connectivity index (χ0v) is 15.7. The van der Waals surface area contributed by atoms with Gasteiger partial charge in [0, 0.05) is 22.1 Å². The van der Waals surface area contributed by atoms with E-state index < -0.39 is 0 Å². The van der Waals surface area contributed by atoms with Crippen molar-refractivity contribution in [1.82, 2.24) is 0 Å². The topological polar surface area (TPSA) is 54.9 Å². The van der Waals surface area contributed by atoms with Crippen LogP contribution in [0.2, 0.25) is 0 Å². The van der Waals surface area contributed by atoms with Crippen molar-refractivity contribution in [3.05, 3.63) is 58.6 Å². The first-order valence-electron chi connectivity index (χ1n) is 8.23. The van der Waals surface area contributed by atoms with Crippen LogP contribution in [-0.4, -0.2) is 19.1 Å². The van der Waals surface area contributed by atoms with Crippen LogP contribution < -0.4 is 15.4 Å². The SMILES string of the molecule is CCOc1ccc(NC(=O)C[NH2+][C@H](CC)c2ccc(Br)cc2)cc1. The highest BCUT2D eigenvalue weighted by atomic mass is 79.9. The molecular formula is C19H24BrN2O2+. The quantitative estimate of drug-likeness (QED) is 0.723. The number of anilines is 1. The van der Waals surface area contributed by atoms with Gasteiger partial charge in [-0.2, -0.15) is 0 Å². The summed E-state index contributed by atoms with van der Waals surface area (Å²) >= 11 is 3.45. The minimum atomic E-state index is -0.00489. The largest absolute Gasteiger partial charge is 0.494 e. The summed E-state index contributed by atoms with van der Waals surface area (Å²) in [5.41, 5.74) is 2.02. The van der Waals surface area contributed by atoms with E-state index in [9.17, 15) is 4.79 Å². The van der Waals surface area contributed by atoms with Gasteiger partial charge in [-0.3, -0.25) is 4.79 Å². The lowest BCUT2D eigenvalue weighted by molar-refractivity contribution is -0.686. The Balaban J connectivity index is 1.86. The predicted octanol–water partition coefficient (Wildman–Crippen LogP) is 3.50. The molecule has 0 aliphatic heterocycles. The molecule has 0 radical (unpaired) electrons. The number of nitrogens with two attached hydrogens (primary N) is 1. The van der Waals surface area contributed by atoms with Crippen molar-refractivity contribution in [3.8, 4) is 5.75 Å². The molecule has 4 nitrogen and oxygen atoms in total. The molecule has 0 aliphatic rings. The molecule has 0 unspecified atom stereocenters.